The van der Waals surface area contributed by atoms with Crippen LogP contribution in [0, 0.1) is 11.6 Å². The summed E-state index contributed by atoms with van der Waals surface area (Å²) < 4.78 is 32.0. The van der Waals surface area contributed by atoms with Crippen LogP contribution in [0.2, 0.25) is 0 Å². The Morgan fingerprint density at radius 3 is 2.40 bits per heavy atom. The molecule has 3 aromatic rings. The van der Waals surface area contributed by atoms with Crippen LogP contribution in [0.5, 0.6) is 0 Å². The number of ether oxygens (including phenoxy) is 1. The number of benzene rings is 2. The quantitative estimate of drug-likeness (QED) is 0.555. The van der Waals surface area contributed by atoms with Crippen LogP contribution in [0.15, 0.2) is 54.6 Å². The highest BCUT2D eigenvalue weighted by Gasteiger charge is 2.21. The molecule has 1 N–H and O–H groups in total. The molecular weight excluding hydrogens is 388 g/mol. The molecule has 0 radical (unpaired) electrons. The van der Waals surface area contributed by atoms with Gasteiger partial charge in [-0.2, -0.15) is 0 Å². The summed E-state index contributed by atoms with van der Waals surface area (Å²) in [4.78, 5) is 11.9. The van der Waals surface area contributed by atoms with Gasteiger partial charge in [-0.05, 0) is 55.0 Å². The van der Waals surface area contributed by atoms with Crippen LogP contribution in [0.4, 0.5) is 14.6 Å². The van der Waals surface area contributed by atoms with E-state index in [-0.39, 0.29) is 23.4 Å². The molecule has 0 aliphatic rings. The molecule has 5 nitrogen and oxygen atoms in total. The predicted octanol–water partition coefficient (Wildman–Crippen LogP) is 4.99. The van der Waals surface area contributed by atoms with Crippen LogP contribution in [-0.2, 0) is 10.2 Å². The van der Waals surface area contributed by atoms with Gasteiger partial charge in [0.15, 0.2) is 0 Å². The van der Waals surface area contributed by atoms with E-state index in [1.54, 1.807) is 31.2 Å². The van der Waals surface area contributed by atoms with E-state index in [0.717, 1.165) is 5.56 Å². The molecule has 0 unspecified atom stereocenters. The summed E-state index contributed by atoms with van der Waals surface area (Å²) in [7, 11) is 0. The summed E-state index contributed by atoms with van der Waals surface area (Å²) in [5, 5.41) is 11.6. The number of halogens is 2. The summed E-state index contributed by atoms with van der Waals surface area (Å²) in [5.41, 5.74) is 1.67. The van der Waals surface area contributed by atoms with E-state index < -0.39 is 11.8 Å². The fraction of sp³-hybridized carbons (Fsp3) is 0.261. The van der Waals surface area contributed by atoms with Crippen LogP contribution < -0.4 is 5.32 Å². The highest BCUT2D eigenvalue weighted by Crippen LogP contribution is 2.25. The monoisotopic (exact) mass is 411 g/mol. The van der Waals surface area contributed by atoms with Crippen LogP contribution in [0.1, 0.15) is 36.7 Å². The van der Waals surface area contributed by atoms with Crippen molar-refractivity contribution < 1.29 is 18.3 Å². The number of nitrogens with one attached hydrogen (secondary N) is 1. The van der Waals surface area contributed by atoms with E-state index in [4.69, 9.17) is 4.74 Å². The lowest BCUT2D eigenvalue weighted by Gasteiger charge is -2.25. The largest absolute Gasteiger partial charge is 0.462 e. The smallest absolute Gasteiger partial charge is 0.341 e. The number of carbonyl (C=O) groups is 1. The molecule has 30 heavy (non-hydrogen) atoms. The minimum atomic E-state index is -0.717. The van der Waals surface area contributed by atoms with E-state index in [2.05, 4.69) is 15.5 Å². The molecule has 0 amide bonds. The van der Waals surface area contributed by atoms with Crippen LogP contribution >= 0.6 is 0 Å². The van der Waals surface area contributed by atoms with Crippen molar-refractivity contribution in [3.8, 4) is 11.3 Å². The van der Waals surface area contributed by atoms with Gasteiger partial charge in [0, 0.05) is 17.5 Å². The standard InChI is InChI=1S/C23H23F2N3O2/c1-4-30-22(29)18-13-15(5-10-19(18)25)20-11-12-21(28-27-20)26-14-23(2,3)16-6-8-17(24)9-7-16/h5-13H,4,14H2,1-3H3,(H,26,28). The topological polar surface area (TPSA) is 64.1 Å². The molecule has 7 heteroatoms. The zero-order valence-electron chi connectivity index (χ0n) is 17.1. The summed E-state index contributed by atoms with van der Waals surface area (Å²) in [5.74, 6) is -1.06. The summed E-state index contributed by atoms with van der Waals surface area (Å²) >= 11 is 0. The van der Waals surface area contributed by atoms with E-state index in [0.29, 0.717) is 23.6 Å². The van der Waals surface area contributed by atoms with Crippen LogP contribution in [-0.4, -0.2) is 29.3 Å². The first-order valence-corrected chi connectivity index (χ1v) is 9.61. The second-order valence-electron chi connectivity index (χ2n) is 7.46. The zero-order valence-corrected chi connectivity index (χ0v) is 17.1. The Balaban J connectivity index is 1.71. The molecule has 0 aliphatic carbocycles. The van der Waals surface area contributed by atoms with Gasteiger partial charge in [0.25, 0.3) is 0 Å². The Morgan fingerprint density at radius 2 is 1.77 bits per heavy atom. The van der Waals surface area contributed by atoms with Gasteiger partial charge < -0.3 is 10.1 Å². The summed E-state index contributed by atoms with van der Waals surface area (Å²) in [6.07, 6.45) is 0. The van der Waals surface area contributed by atoms with Gasteiger partial charge in [0.1, 0.15) is 17.5 Å². The minimum Gasteiger partial charge on any atom is -0.462 e. The van der Waals surface area contributed by atoms with Crippen LogP contribution in [0.3, 0.4) is 0 Å². The number of nitrogens with zero attached hydrogens (tertiary/aromatic N) is 2. The summed E-state index contributed by atoms with van der Waals surface area (Å²) in [6.45, 7) is 6.48. The van der Waals surface area contributed by atoms with Crippen molar-refractivity contribution in [3.05, 3.63) is 77.4 Å². The molecule has 0 saturated carbocycles. The average molecular weight is 411 g/mol. The van der Waals surface area contributed by atoms with Gasteiger partial charge in [-0.15, -0.1) is 10.2 Å². The molecule has 1 aromatic heterocycles. The fourth-order valence-electron chi connectivity index (χ4n) is 2.95. The van der Waals surface area contributed by atoms with Crippen molar-refractivity contribution in [1.82, 2.24) is 10.2 Å². The first-order chi connectivity index (χ1) is 14.3. The van der Waals surface area contributed by atoms with Gasteiger partial charge in [0.2, 0.25) is 0 Å². The van der Waals surface area contributed by atoms with Crippen molar-refractivity contribution in [3.63, 3.8) is 0 Å². The lowest BCUT2D eigenvalue weighted by atomic mass is 9.84. The SMILES string of the molecule is CCOC(=O)c1cc(-c2ccc(NCC(C)(C)c3ccc(F)cc3)nn2)ccc1F. The number of aromatic nitrogens is 2. The second kappa shape index (κ2) is 8.98. The molecule has 0 bridgehead atoms. The van der Waals surface area contributed by atoms with E-state index in [1.165, 1.54) is 30.3 Å². The third kappa shape index (κ3) is 4.97. The Hall–Kier alpha value is -3.35. The number of esters is 1. The zero-order chi connectivity index (χ0) is 21.7. The number of rotatable bonds is 7. The normalized spacial score (nSPS) is 11.2. The first kappa shape index (κ1) is 21.4. The van der Waals surface area contributed by atoms with E-state index in [1.807, 2.05) is 13.8 Å². The maximum absolute atomic E-state index is 13.9. The molecule has 156 valence electrons. The van der Waals surface area contributed by atoms with Gasteiger partial charge in [-0.3, -0.25) is 0 Å². The van der Waals surface area contributed by atoms with Crippen LogP contribution in [0.25, 0.3) is 11.3 Å². The molecule has 2 aromatic carbocycles. The highest BCUT2D eigenvalue weighted by atomic mass is 19.1. The van der Waals surface area contributed by atoms with Crippen molar-refractivity contribution in [1.29, 1.82) is 0 Å². The number of hydrogen-bond donors (Lipinski definition) is 1. The molecule has 3 rings (SSSR count). The van der Waals surface area contributed by atoms with Crippen molar-refractivity contribution in [2.75, 3.05) is 18.5 Å². The second-order valence-corrected chi connectivity index (χ2v) is 7.46. The minimum absolute atomic E-state index is 0.139. The molecule has 0 spiro atoms. The Kier molecular flexibility index (Phi) is 6.40. The van der Waals surface area contributed by atoms with Crippen molar-refractivity contribution >= 4 is 11.8 Å². The predicted molar refractivity (Wildman–Crippen MR) is 111 cm³/mol. The third-order valence-electron chi connectivity index (χ3n) is 4.76. The van der Waals surface area contributed by atoms with E-state index in [9.17, 15) is 13.6 Å². The molecule has 1 heterocycles. The molecule has 0 fully saturated rings. The van der Waals surface area contributed by atoms with Gasteiger partial charge >= 0.3 is 5.97 Å². The fourth-order valence-corrected chi connectivity index (χ4v) is 2.95. The van der Waals surface area contributed by atoms with Crippen molar-refractivity contribution in [2.24, 2.45) is 0 Å². The van der Waals surface area contributed by atoms with Gasteiger partial charge in [-0.1, -0.05) is 26.0 Å². The summed E-state index contributed by atoms with van der Waals surface area (Å²) in [6, 6.07) is 14.1. The molecular formula is C23H23F2N3O2. The van der Waals surface area contributed by atoms with Gasteiger partial charge in [-0.25, -0.2) is 13.6 Å². The Morgan fingerprint density at radius 1 is 1.03 bits per heavy atom. The molecule has 0 atom stereocenters. The maximum atomic E-state index is 13.9. The first-order valence-electron chi connectivity index (χ1n) is 9.61. The third-order valence-corrected chi connectivity index (χ3v) is 4.76. The average Bonchev–Trinajstić information content (AvgIpc) is 2.73. The Labute approximate surface area is 174 Å². The molecule has 0 aliphatic heterocycles. The van der Waals surface area contributed by atoms with Crippen molar-refractivity contribution in [2.45, 2.75) is 26.2 Å². The van der Waals surface area contributed by atoms with E-state index >= 15 is 0 Å². The number of hydrogen-bond acceptors (Lipinski definition) is 5. The lowest BCUT2D eigenvalue weighted by Crippen LogP contribution is -2.28. The Bertz CT molecular complexity index is 1020. The van der Waals surface area contributed by atoms with Gasteiger partial charge in [0.05, 0.1) is 17.9 Å². The maximum Gasteiger partial charge on any atom is 0.341 e. The highest BCUT2D eigenvalue weighted by molar-refractivity contribution is 5.91. The lowest BCUT2D eigenvalue weighted by molar-refractivity contribution is 0.0521. The number of carbonyl (C=O) groups excluding carboxylic acids is 1. The molecule has 0 saturated heterocycles. The number of anilines is 1.